The molecule has 1 amide bonds. The molecule has 1 N–H and O–H groups in total. The van der Waals surface area contributed by atoms with E-state index in [1.165, 1.54) is 11.3 Å². The van der Waals surface area contributed by atoms with Crippen LogP contribution in [0.3, 0.4) is 0 Å². The van der Waals surface area contributed by atoms with Crippen molar-refractivity contribution in [3.63, 3.8) is 0 Å². The lowest BCUT2D eigenvalue weighted by molar-refractivity contribution is -0.116. The lowest BCUT2D eigenvalue weighted by Gasteiger charge is -2.17. The number of nitrogens with zero attached hydrogens (tertiary/aromatic N) is 3. The van der Waals surface area contributed by atoms with Gasteiger partial charge in [-0.1, -0.05) is 0 Å². The molecule has 1 saturated carbocycles. The Bertz CT molecular complexity index is 457. The molecule has 1 aliphatic carbocycles. The zero-order valence-electron chi connectivity index (χ0n) is 12.4. The maximum absolute atomic E-state index is 11.7. The second-order valence-electron chi connectivity index (χ2n) is 5.62. The summed E-state index contributed by atoms with van der Waals surface area (Å²) in [5.74, 6) is 0.0795. The minimum Gasteiger partial charge on any atom is -0.393 e. The summed E-state index contributed by atoms with van der Waals surface area (Å²) in [6.07, 6.45) is 2.66. The summed E-state index contributed by atoms with van der Waals surface area (Å²) >= 11 is 1.54. The van der Waals surface area contributed by atoms with E-state index in [1.807, 2.05) is 17.3 Å². The standard InChI is InChI=1S/C14H23N3O2S/c1-10(18)6-7-16(3)8-12-9-20-14(15-12)17(11(2)19)13-4-5-13/h9-10,13,18H,4-8H2,1-3H3. The van der Waals surface area contributed by atoms with E-state index in [-0.39, 0.29) is 12.0 Å². The molecule has 1 aromatic heterocycles. The monoisotopic (exact) mass is 297 g/mol. The highest BCUT2D eigenvalue weighted by molar-refractivity contribution is 7.14. The molecule has 1 heterocycles. The number of amides is 1. The van der Waals surface area contributed by atoms with E-state index < -0.39 is 0 Å². The number of anilines is 1. The van der Waals surface area contributed by atoms with Crippen LogP contribution in [0.2, 0.25) is 0 Å². The molecular weight excluding hydrogens is 274 g/mol. The van der Waals surface area contributed by atoms with Gasteiger partial charge in [-0.15, -0.1) is 11.3 Å². The third-order valence-corrected chi connectivity index (χ3v) is 4.25. The van der Waals surface area contributed by atoms with Crippen LogP contribution in [-0.2, 0) is 11.3 Å². The van der Waals surface area contributed by atoms with Gasteiger partial charge in [-0.25, -0.2) is 4.98 Å². The summed E-state index contributed by atoms with van der Waals surface area (Å²) in [5.41, 5.74) is 0.991. The number of aliphatic hydroxyl groups excluding tert-OH is 1. The summed E-state index contributed by atoms with van der Waals surface area (Å²) < 4.78 is 0. The van der Waals surface area contributed by atoms with Crippen LogP contribution in [0.4, 0.5) is 5.13 Å². The van der Waals surface area contributed by atoms with E-state index >= 15 is 0 Å². The van der Waals surface area contributed by atoms with Crippen molar-refractivity contribution < 1.29 is 9.90 Å². The third-order valence-electron chi connectivity index (χ3n) is 3.36. The molecule has 6 heteroatoms. The van der Waals surface area contributed by atoms with Gasteiger partial charge in [0.05, 0.1) is 11.8 Å². The van der Waals surface area contributed by atoms with Crippen molar-refractivity contribution in [2.45, 2.75) is 51.8 Å². The molecule has 5 nitrogen and oxygen atoms in total. The molecule has 1 atom stereocenters. The van der Waals surface area contributed by atoms with E-state index in [0.29, 0.717) is 6.04 Å². The predicted molar refractivity (Wildman–Crippen MR) is 80.9 cm³/mol. The Morgan fingerprint density at radius 2 is 2.30 bits per heavy atom. The largest absolute Gasteiger partial charge is 0.393 e. The first kappa shape index (κ1) is 15.4. The number of rotatable bonds is 7. The van der Waals surface area contributed by atoms with Crippen LogP contribution in [0, 0.1) is 0 Å². The van der Waals surface area contributed by atoms with Gasteiger partial charge in [-0.2, -0.15) is 0 Å². The Morgan fingerprint density at radius 1 is 1.60 bits per heavy atom. The van der Waals surface area contributed by atoms with Gasteiger partial charge in [0.25, 0.3) is 0 Å². The van der Waals surface area contributed by atoms with Crippen LogP contribution < -0.4 is 4.90 Å². The minimum absolute atomic E-state index is 0.0795. The minimum atomic E-state index is -0.272. The number of carbonyl (C=O) groups excluding carboxylic acids is 1. The highest BCUT2D eigenvalue weighted by atomic mass is 32.1. The molecule has 1 unspecified atom stereocenters. The second kappa shape index (κ2) is 6.65. The summed E-state index contributed by atoms with van der Waals surface area (Å²) in [6, 6.07) is 0.361. The molecular formula is C14H23N3O2S. The normalized spacial score (nSPS) is 16.4. The number of hydrogen-bond donors (Lipinski definition) is 1. The first-order chi connectivity index (χ1) is 9.47. The van der Waals surface area contributed by atoms with Crippen molar-refractivity contribution in [2.75, 3.05) is 18.5 Å². The Morgan fingerprint density at radius 3 is 2.85 bits per heavy atom. The molecule has 0 radical (unpaired) electrons. The summed E-state index contributed by atoms with van der Waals surface area (Å²) in [4.78, 5) is 20.2. The molecule has 20 heavy (non-hydrogen) atoms. The average molecular weight is 297 g/mol. The van der Waals surface area contributed by atoms with Crippen molar-refractivity contribution >= 4 is 22.4 Å². The zero-order chi connectivity index (χ0) is 14.7. The molecule has 112 valence electrons. The maximum atomic E-state index is 11.7. The fourth-order valence-electron chi connectivity index (χ4n) is 2.12. The third kappa shape index (κ3) is 4.26. The van der Waals surface area contributed by atoms with Crippen molar-refractivity contribution in [3.05, 3.63) is 11.1 Å². The van der Waals surface area contributed by atoms with E-state index in [9.17, 15) is 9.90 Å². The smallest absolute Gasteiger partial charge is 0.225 e. The SMILES string of the molecule is CC(=O)N(c1nc(CN(C)CCC(C)O)cs1)C1CC1. The van der Waals surface area contributed by atoms with Crippen LogP contribution in [0.15, 0.2) is 5.38 Å². The van der Waals surface area contributed by atoms with Crippen molar-refractivity contribution in [2.24, 2.45) is 0 Å². The molecule has 1 aromatic rings. The van der Waals surface area contributed by atoms with Crippen LogP contribution in [0.1, 0.15) is 38.8 Å². The molecule has 0 aliphatic heterocycles. The topological polar surface area (TPSA) is 56.7 Å². The molecule has 0 bridgehead atoms. The Kier molecular flexibility index (Phi) is 5.12. The molecule has 1 fully saturated rings. The molecule has 0 spiro atoms. The number of hydrogen-bond acceptors (Lipinski definition) is 5. The van der Waals surface area contributed by atoms with Gasteiger partial charge in [-0.3, -0.25) is 9.69 Å². The molecule has 2 rings (SSSR count). The molecule has 0 aromatic carbocycles. The Labute approximate surface area is 124 Å². The van der Waals surface area contributed by atoms with E-state index in [4.69, 9.17) is 0 Å². The second-order valence-corrected chi connectivity index (χ2v) is 6.45. The van der Waals surface area contributed by atoms with Crippen LogP contribution in [0.5, 0.6) is 0 Å². The van der Waals surface area contributed by atoms with Gasteiger partial charge < -0.3 is 10.0 Å². The fourth-order valence-corrected chi connectivity index (χ4v) is 3.05. The first-order valence-corrected chi connectivity index (χ1v) is 7.96. The number of thiazole rings is 1. The van der Waals surface area contributed by atoms with Crippen LogP contribution >= 0.6 is 11.3 Å². The summed E-state index contributed by atoms with van der Waals surface area (Å²) in [5, 5.41) is 12.1. The van der Waals surface area contributed by atoms with Crippen molar-refractivity contribution in [1.82, 2.24) is 9.88 Å². The van der Waals surface area contributed by atoms with Crippen molar-refractivity contribution in [3.8, 4) is 0 Å². The van der Waals surface area contributed by atoms with Gasteiger partial charge in [0, 0.05) is 31.4 Å². The van der Waals surface area contributed by atoms with Gasteiger partial charge >= 0.3 is 0 Å². The lowest BCUT2D eigenvalue weighted by Crippen LogP contribution is -2.30. The molecule has 0 saturated heterocycles. The first-order valence-electron chi connectivity index (χ1n) is 7.08. The van der Waals surface area contributed by atoms with E-state index in [1.54, 1.807) is 13.8 Å². The summed E-state index contributed by atoms with van der Waals surface area (Å²) in [6.45, 7) is 4.99. The highest BCUT2D eigenvalue weighted by Gasteiger charge is 2.33. The van der Waals surface area contributed by atoms with Gasteiger partial charge in [-0.05, 0) is 33.2 Å². The average Bonchev–Trinajstić information content (AvgIpc) is 3.07. The quantitative estimate of drug-likeness (QED) is 0.834. The zero-order valence-corrected chi connectivity index (χ0v) is 13.2. The van der Waals surface area contributed by atoms with Crippen molar-refractivity contribution in [1.29, 1.82) is 0 Å². The van der Waals surface area contributed by atoms with Gasteiger partial charge in [0.1, 0.15) is 0 Å². The van der Waals surface area contributed by atoms with E-state index in [2.05, 4.69) is 9.88 Å². The summed E-state index contributed by atoms with van der Waals surface area (Å²) in [7, 11) is 2.02. The number of aliphatic hydroxyl groups is 1. The van der Waals surface area contributed by atoms with Gasteiger partial charge in [0.2, 0.25) is 5.91 Å². The highest BCUT2D eigenvalue weighted by Crippen LogP contribution is 2.33. The van der Waals surface area contributed by atoms with Gasteiger partial charge in [0.15, 0.2) is 5.13 Å². The maximum Gasteiger partial charge on any atom is 0.225 e. The van der Waals surface area contributed by atoms with Crippen LogP contribution in [-0.4, -0.2) is 46.6 Å². The van der Waals surface area contributed by atoms with E-state index in [0.717, 1.165) is 43.2 Å². The Balaban J connectivity index is 1.92. The fraction of sp³-hybridized carbons (Fsp3) is 0.714. The number of aromatic nitrogens is 1. The Hall–Kier alpha value is -0.980. The predicted octanol–water partition coefficient (Wildman–Crippen LogP) is 1.86. The lowest BCUT2D eigenvalue weighted by atomic mass is 10.3. The van der Waals surface area contributed by atoms with Crippen LogP contribution in [0.25, 0.3) is 0 Å². The molecule has 1 aliphatic rings. The number of carbonyl (C=O) groups is 1.